The molecule has 1 amide bonds. The van der Waals surface area contributed by atoms with Gasteiger partial charge in [0.05, 0.1) is 16.8 Å². The Balaban J connectivity index is 1.74. The molecule has 1 N–H and O–H groups in total. The van der Waals surface area contributed by atoms with Crippen molar-refractivity contribution in [1.82, 2.24) is 25.3 Å². The summed E-state index contributed by atoms with van der Waals surface area (Å²) in [6, 6.07) is 16.3. The van der Waals surface area contributed by atoms with E-state index in [0.29, 0.717) is 16.4 Å². The molecule has 2 aromatic carbocycles. The van der Waals surface area contributed by atoms with Crippen molar-refractivity contribution in [3.63, 3.8) is 0 Å². The number of carbonyl (C=O) groups is 1. The van der Waals surface area contributed by atoms with Crippen LogP contribution < -0.4 is 5.32 Å². The van der Waals surface area contributed by atoms with Crippen LogP contribution in [0, 0.1) is 5.82 Å². The molecular formula is C22H17ClFN5O. The van der Waals surface area contributed by atoms with E-state index in [9.17, 15) is 9.18 Å². The number of halogens is 2. The molecule has 4 rings (SSSR count). The first kappa shape index (κ1) is 19.7. The number of pyridine rings is 1. The maximum Gasteiger partial charge on any atom is 0.274 e. The minimum absolute atomic E-state index is 0.148. The molecule has 0 aliphatic rings. The van der Waals surface area contributed by atoms with Crippen molar-refractivity contribution in [1.29, 1.82) is 0 Å². The van der Waals surface area contributed by atoms with Gasteiger partial charge in [0.2, 0.25) is 0 Å². The number of rotatable bonds is 5. The van der Waals surface area contributed by atoms with Crippen LogP contribution in [0.1, 0.15) is 29.0 Å². The lowest BCUT2D eigenvalue weighted by molar-refractivity contribution is 0.0935. The van der Waals surface area contributed by atoms with Crippen LogP contribution in [-0.4, -0.2) is 25.9 Å². The van der Waals surface area contributed by atoms with Gasteiger partial charge < -0.3 is 5.32 Å². The molecule has 0 unspecified atom stereocenters. The van der Waals surface area contributed by atoms with E-state index in [2.05, 4.69) is 20.6 Å². The molecular weight excluding hydrogens is 405 g/mol. The van der Waals surface area contributed by atoms with Crippen LogP contribution in [-0.2, 0) is 0 Å². The number of para-hydroxylation sites is 1. The topological polar surface area (TPSA) is 72.7 Å². The van der Waals surface area contributed by atoms with E-state index in [1.807, 2.05) is 19.1 Å². The molecule has 0 fully saturated rings. The highest BCUT2D eigenvalue weighted by Gasteiger charge is 2.24. The van der Waals surface area contributed by atoms with Gasteiger partial charge in [-0.2, -0.15) is 0 Å². The number of nitrogens with one attached hydrogen (secondary N) is 1. The van der Waals surface area contributed by atoms with Gasteiger partial charge in [0, 0.05) is 18.0 Å². The molecule has 150 valence electrons. The molecule has 8 heteroatoms. The van der Waals surface area contributed by atoms with E-state index < -0.39 is 5.91 Å². The number of carbonyl (C=O) groups excluding carboxylic acids is 1. The van der Waals surface area contributed by atoms with Gasteiger partial charge in [-0.05, 0) is 48.9 Å². The molecule has 0 aliphatic carbocycles. The normalized spacial score (nSPS) is 11.8. The summed E-state index contributed by atoms with van der Waals surface area (Å²) in [4.78, 5) is 17.1. The third-order valence-electron chi connectivity index (χ3n) is 4.64. The minimum atomic E-state index is -0.406. The van der Waals surface area contributed by atoms with Gasteiger partial charge in [-0.1, -0.05) is 41.1 Å². The second kappa shape index (κ2) is 8.42. The fourth-order valence-corrected chi connectivity index (χ4v) is 3.31. The van der Waals surface area contributed by atoms with Crippen LogP contribution in [0.15, 0.2) is 73.1 Å². The number of aromatic nitrogens is 4. The summed E-state index contributed by atoms with van der Waals surface area (Å²) >= 11 is 6.35. The van der Waals surface area contributed by atoms with Crippen LogP contribution in [0.4, 0.5) is 4.39 Å². The summed E-state index contributed by atoms with van der Waals surface area (Å²) in [7, 11) is 0. The van der Waals surface area contributed by atoms with Crippen LogP contribution in [0.25, 0.3) is 16.9 Å². The second-order valence-electron chi connectivity index (χ2n) is 6.63. The fourth-order valence-electron chi connectivity index (χ4n) is 3.10. The molecule has 2 heterocycles. The largest absolute Gasteiger partial charge is 0.344 e. The number of amides is 1. The molecule has 4 aromatic rings. The SMILES string of the molecule is C[C@@H](NC(=O)c1nnn(-c2ccccc2Cl)c1-c1ccncc1)c1ccc(F)cc1. The smallest absolute Gasteiger partial charge is 0.274 e. The molecule has 0 bridgehead atoms. The van der Waals surface area contributed by atoms with E-state index in [4.69, 9.17) is 11.6 Å². The van der Waals surface area contributed by atoms with Crippen molar-refractivity contribution in [2.45, 2.75) is 13.0 Å². The third-order valence-corrected chi connectivity index (χ3v) is 4.96. The van der Waals surface area contributed by atoms with Crippen molar-refractivity contribution in [3.8, 4) is 16.9 Å². The minimum Gasteiger partial charge on any atom is -0.344 e. The maximum atomic E-state index is 13.2. The molecule has 2 aromatic heterocycles. The summed E-state index contributed by atoms with van der Waals surface area (Å²) in [5, 5.41) is 11.7. The van der Waals surface area contributed by atoms with Crippen LogP contribution in [0.5, 0.6) is 0 Å². The van der Waals surface area contributed by atoms with Crippen molar-refractivity contribution in [3.05, 3.63) is 95.2 Å². The summed E-state index contributed by atoms with van der Waals surface area (Å²) in [6.07, 6.45) is 3.25. The second-order valence-corrected chi connectivity index (χ2v) is 7.04. The highest BCUT2D eigenvalue weighted by Crippen LogP contribution is 2.28. The zero-order valence-electron chi connectivity index (χ0n) is 16.0. The van der Waals surface area contributed by atoms with Gasteiger partial charge in [-0.15, -0.1) is 5.10 Å². The van der Waals surface area contributed by atoms with E-state index >= 15 is 0 Å². The Bertz CT molecular complexity index is 1180. The maximum absolute atomic E-state index is 13.2. The van der Waals surface area contributed by atoms with Gasteiger partial charge >= 0.3 is 0 Å². The molecule has 0 saturated heterocycles. The number of nitrogens with zero attached hydrogens (tertiary/aromatic N) is 4. The molecule has 0 aliphatic heterocycles. The summed E-state index contributed by atoms with van der Waals surface area (Å²) in [6.45, 7) is 1.82. The predicted molar refractivity (Wildman–Crippen MR) is 112 cm³/mol. The Labute approximate surface area is 177 Å². The van der Waals surface area contributed by atoms with E-state index in [-0.39, 0.29) is 17.6 Å². The lowest BCUT2D eigenvalue weighted by Crippen LogP contribution is -2.27. The van der Waals surface area contributed by atoms with Crippen LogP contribution in [0.3, 0.4) is 0 Å². The lowest BCUT2D eigenvalue weighted by Gasteiger charge is -2.14. The van der Waals surface area contributed by atoms with Gasteiger partial charge in [-0.25, -0.2) is 9.07 Å². The van der Waals surface area contributed by atoms with E-state index in [1.54, 1.807) is 48.8 Å². The molecule has 0 radical (unpaired) electrons. The standard InChI is InChI=1S/C22H17ClFN5O/c1-14(15-6-8-17(24)9-7-15)26-22(30)20-21(16-10-12-25-13-11-16)29(28-27-20)19-5-3-2-4-18(19)23/h2-14H,1H3,(H,26,30)/t14-/m1/s1. The van der Waals surface area contributed by atoms with Gasteiger partial charge in [0.15, 0.2) is 5.69 Å². The Morgan fingerprint density at radius 2 is 1.77 bits per heavy atom. The van der Waals surface area contributed by atoms with E-state index in [1.165, 1.54) is 16.8 Å². The first-order chi connectivity index (χ1) is 14.5. The fraction of sp³-hybridized carbons (Fsp3) is 0.0909. The Hall–Kier alpha value is -3.58. The number of benzene rings is 2. The Morgan fingerprint density at radius 3 is 2.47 bits per heavy atom. The van der Waals surface area contributed by atoms with E-state index in [0.717, 1.165) is 11.1 Å². The molecule has 6 nitrogen and oxygen atoms in total. The Morgan fingerprint density at radius 1 is 1.07 bits per heavy atom. The molecule has 0 saturated carbocycles. The lowest BCUT2D eigenvalue weighted by atomic mass is 10.1. The average Bonchev–Trinajstić information content (AvgIpc) is 3.20. The Kier molecular flexibility index (Phi) is 5.54. The first-order valence-corrected chi connectivity index (χ1v) is 9.59. The van der Waals surface area contributed by atoms with Crippen LogP contribution >= 0.6 is 11.6 Å². The monoisotopic (exact) mass is 421 g/mol. The zero-order chi connectivity index (χ0) is 21.1. The zero-order valence-corrected chi connectivity index (χ0v) is 16.7. The molecule has 0 spiro atoms. The van der Waals surface area contributed by atoms with Gasteiger partial charge in [-0.3, -0.25) is 9.78 Å². The number of hydrogen-bond donors (Lipinski definition) is 1. The van der Waals surface area contributed by atoms with Crippen molar-refractivity contribution in [2.75, 3.05) is 0 Å². The van der Waals surface area contributed by atoms with Gasteiger partial charge in [0.1, 0.15) is 11.5 Å². The summed E-state index contributed by atoms with van der Waals surface area (Å²) in [5.41, 5.74) is 2.73. The van der Waals surface area contributed by atoms with Crippen molar-refractivity contribution < 1.29 is 9.18 Å². The highest BCUT2D eigenvalue weighted by atomic mass is 35.5. The summed E-state index contributed by atoms with van der Waals surface area (Å²) < 4.78 is 14.7. The van der Waals surface area contributed by atoms with Crippen molar-refractivity contribution >= 4 is 17.5 Å². The molecule has 1 atom stereocenters. The predicted octanol–water partition coefficient (Wildman–Crippen LogP) is 4.61. The highest BCUT2D eigenvalue weighted by molar-refractivity contribution is 6.32. The third kappa shape index (κ3) is 3.92. The first-order valence-electron chi connectivity index (χ1n) is 9.22. The summed E-state index contributed by atoms with van der Waals surface area (Å²) in [5.74, 6) is -0.739. The quantitative estimate of drug-likeness (QED) is 0.510. The average molecular weight is 422 g/mol. The van der Waals surface area contributed by atoms with Crippen molar-refractivity contribution in [2.24, 2.45) is 0 Å². The van der Waals surface area contributed by atoms with Gasteiger partial charge in [0.25, 0.3) is 5.91 Å². The molecule has 30 heavy (non-hydrogen) atoms. The number of hydrogen-bond acceptors (Lipinski definition) is 4. The van der Waals surface area contributed by atoms with Crippen LogP contribution in [0.2, 0.25) is 5.02 Å².